The van der Waals surface area contributed by atoms with E-state index in [2.05, 4.69) is 20.7 Å². The van der Waals surface area contributed by atoms with Gasteiger partial charge in [-0.1, -0.05) is 101 Å². The Morgan fingerprint density at radius 3 is 2.57 bits per heavy atom. The number of benzene rings is 2. The van der Waals surface area contributed by atoms with Crippen molar-refractivity contribution in [3.05, 3.63) is 76.3 Å². The molecule has 0 bridgehead atoms. The highest BCUT2D eigenvalue weighted by Gasteiger charge is 2.09. The Labute approximate surface area is 193 Å². The second-order valence-corrected chi connectivity index (χ2v) is 9.92. The summed E-state index contributed by atoms with van der Waals surface area (Å²) in [6.45, 7) is 1.93. The molecule has 1 N–H and O–H groups in total. The van der Waals surface area contributed by atoms with Crippen molar-refractivity contribution in [3.8, 4) is 0 Å². The van der Waals surface area contributed by atoms with Crippen molar-refractivity contribution in [2.24, 2.45) is 5.10 Å². The van der Waals surface area contributed by atoms with Crippen LogP contribution < -0.4 is 5.43 Å². The molecule has 0 radical (unpaired) electrons. The number of rotatable bonds is 9. The number of hydrazone groups is 1. The lowest BCUT2D eigenvalue weighted by molar-refractivity contribution is -0.118. The van der Waals surface area contributed by atoms with Gasteiger partial charge in [-0.05, 0) is 29.7 Å². The molecule has 5 nitrogen and oxygen atoms in total. The van der Waals surface area contributed by atoms with Crippen molar-refractivity contribution in [2.75, 3.05) is 5.75 Å². The Hall–Kier alpha value is -2.13. The molecule has 2 aromatic carbocycles. The van der Waals surface area contributed by atoms with Gasteiger partial charge in [0.2, 0.25) is 0 Å². The quantitative estimate of drug-likeness (QED) is 0.242. The summed E-state index contributed by atoms with van der Waals surface area (Å²) in [5.41, 5.74) is 5.62. The lowest BCUT2D eigenvalue weighted by atomic mass is 10.1. The molecule has 0 aliphatic heterocycles. The standard InChI is InChI=1S/C21H19ClN4OS3/c1-15(11-16-7-3-2-4-8-16)12-23-24-19(27)14-29-21-26-25-20(30-21)28-13-17-9-5-6-10-18(17)22/h2-12H,13-14H2,1H3,(H,24,27)/b15-11+,23-12+. The van der Waals surface area contributed by atoms with Crippen LogP contribution in [0.2, 0.25) is 5.02 Å². The van der Waals surface area contributed by atoms with Gasteiger partial charge in [0.15, 0.2) is 8.68 Å². The predicted molar refractivity (Wildman–Crippen MR) is 128 cm³/mol. The topological polar surface area (TPSA) is 67.2 Å². The SMILES string of the molecule is CC(/C=N/NC(=O)CSc1nnc(SCc2ccccc2Cl)s1)=C\c1ccccc1. The Balaban J connectivity index is 1.41. The Bertz CT molecular complexity index is 1040. The van der Waals surface area contributed by atoms with E-state index in [-0.39, 0.29) is 11.7 Å². The van der Waals surface area contributed by atoms with E-state index in [1.165, 1.54) is 23.1 Å². The van der Waals surface area contributed by atoms with Gasteiger partial charge in [0, 0.05) is 10.8 Å². The normalized spacial score (nSPS) is 11.7. The van der Waals surface area contributed by atoms with Gasteiger partial charge in [-0.3, -0.25) is 4.79 Å². The summed E-state index contributed by atoms with van der Waals surface area (Å²) in [4.78, 5) is 12.0. The number of aromatic nitrogens is 2. The fourth-order valence-electron chi connectivity index (χ4n) is 2.28. The maximum Gasteiger partial charge on any atom is 0.250 e. The molecule has 0 saturated carbocycles. The molecule has 3 rings (SSSR count). The van der Waals surface area contributed by atoms with Gasteiger partial charge in [-0.2, -0.15) is 5.10 Å². The highest BCUT2D eigenvalue weighted by molar-refractivity contribution is 8.03. The number of nitrogens with one attached hydrogen (secondary N) is 1. The van der Waals surface area contributed by atoms with Crippen LogP contribution in [0.5, 0.6) is 0 Å². The molecule has 30 heavy (non-hydrogen) atoms. The first-order valence-electron chi connectivity index (χ1n) is 8.98. The first-order valence-corrected chi connectivity index (χ1v) is 12.1. The maximum atomic E-state index is 12.0. The fourth-order valence-corrected chi connectivity index (χ4v) is 5.38. The molecular formula is C21H19ClN4OS3. The highest BCUT2D eigenvalue weighted by Crippen LogP contribution is 2.32. The number of carbonyl (C=O) groups excluding carboxylic acids is 1. The molecule has 0 aliphatic rings. The van der Waals surface area contributed by atoms with Crippen molar-refractivity contribution in [1.82, 2.24) is 15.6 Å². The van der Waals surface area contributed by atoms with Crippen LogP contribution in [-0.2, 0) is 10.5 Å². The minimum Gasteiger partial charge on any atom is -0.272 e. The molecule has 0 aliphatic carbocycles. The lowest BCUT2D eigenvalue weighted by Gasteiger charge is -2.00. The van der Waals surface area contributed by atoms with Gasteiger partial charge in [0.1, 0.15) is 0 Å². The molecule has 154 valence electrons. The minimum absolute atomic E-state index is 0.191. The first kappa shape index (κ1) is 22.6. The van der Waals surface area contributed by atoms with E-state index < -0.39 is 0 Å². The summed E-state index contributed by atoms with van der Waals surface area (Å²) in [5, 5.41) is 13.0. The van der Waals surface area contributed by atoms with Crippen LogP contribution in [-0.4, -0.2) is 28.1 Å². The van der Waals surface area contributed by atoms with Gasteiger partial charge in [-0.15, -0.1) is 10.2 Å². The summed E-state index contributed by atoms with van der Waals surface area (Å²) >= 11 is 10.6. The van der Waals surface area contributed by atoms with Crippen molar-refractivity contribution >= 4 is 64.7 Å². The van der Waals surface area contributed by atoms with E-state index in [9.17, 15) is 4.79 Å². The summed E-state index contributed by atoms with van der Waals surface area (Å²) in [7, 11) is 0. The molecule has 1 aromatic heterocycles. The molecule has 3 aromatic rings. The number of carbonyl (C=O) groups is 1. The van der Waals surface area contributed by atoms with Crippen LogP contribution in [0.15, 0.2) is 74.0 Å². The molecule has 0 fully saturated rings. The smallest absolute Gasteiger partial charge is 0.250 e. The summed E-state index contributed by atoms with van der Waals surface area (Å²) in [6, 6.07) is 17.7. The molecule has 0 atom stereocenters. The fraction of sp³-hybridized carbons (Fsp3) is 0.143. The average Bonchev–Trinajstić information content (AvgIpc) is 3.20. The minimum atomic E-state index is -0.191. The monoisotopic (exact) mass is 474 g/mol. The van der Waals surface area contributed by atoms with E-state index in [1.54, 1.807) is 18.0 Å². The number of halogens is 1. The Kier molecular flexibility index (Phi) is 8.95. The zero-order valence-electron chi connectivity index (χ0n) is 16.1. The molecule has 0 spiro atoms. The zero-order valence-corrected chi connectivity index (χ0v) is 19.3. The van der Waals surface area contributed by atoms with Crippen LogP contribution in [0.4, 0.5) is 0 Å². The third-order valence-corrected chi connectivity index (χ3v) is 7.28. The van der Waals surface area contributed by atoms with Crippen molar-refractivity contribution in [1.29, 1.82) is 0 Å². The van der Waals surface area contributed by atoms with E-state index in [0.29, 0.717) is 0 Å². The highest BCUT2D eigenvalue weighted by atomic mass is 35.5. The molecule has 0 saturated heterocycles. The van der Waals surface area contributed by atoms with Gasteiger partial charge in [0.25, 0.3) is 5.91 Å². The summed E-state index contributed by atoms with van der Waals surface area (Å²) < 4.78 is 1.59. The van der Waals surface area contributed by atoms with Gasteiger partial charge in [0.05, 0.1) is 12.0 Å². The summed E-state index contributed by atoms with van der Waals surface area (Å²) in [5.74, 6) is 0.760. The number of nitrogens with zero attached hydrogens (tertiary/aromatic N) is 3. The second kappa shape index (κ2) is 11.9. The Morgan fingerprint density at radius 1 is 1.10 bits per heavy atom. The number of amides is 1. The van der Waals surface area contributed by atoms with Crippen LogP contribution in [0.25, 0.3) is 6.08 Å². The number of hydrogen-bond donors (Lipinski definition) is 1. The zero-order chi connectivity index (χ0) is 21.2. The lowest BCUT2D eigenvalue weighted by Crippen LogP contribution is -2.19. The van der Waals surface area contributed by atoms with Crippen molar-refractivity contribution in [3.63, 3.8) is 0 Å². The first-order chi connectivity index (χ1) is 14.6. The molecule has 1 amide bonds. The molecular weight excluding hydrogens is 456 g/mol. The van der Waals surface area contributed by atoms with Crippen molar-refractivity contribution in [2.45, 2.75) is 21.4 Å². The van der Waals surface area contributed by atoms with E-state index in [1.807, 2.05) is 67.6 Å². The van der Waals surface area contributed by atoms with E-state index in [4.69, 9.17) is 11.6 Å². The van der Waals surface area contributed by atoms with Gasteiger partial charge in [-0.25, -0.2) is 5.43 Å². The number of hydrogen-bond acceptors (Lipinski definition) is 7. The van der Waals surface area contributed by atoms with Gasteiger partial charge >= 0.3 is 0 Å². The van der Waals surface area contributed by atoms with Gasteiger partial charge < -0.3 is 0 Å². The second-order valence-electron chi connectivity index (χ2n) is 6.09. The predicted octanol–water partition coefficient (Wildman–Crippen LogP) is 5.78. The molecule has 1 heterocycles. The van der Waals surface area contributed by atoms with Crippen LogP contribution in [0.3, 0.4) is 0 Å². The third kappa shape index (κ3) is 7.60. The molecule has 9 heteroatoms. The van der Waals surface area contributed by atoms with Crippen LogP contribution >= 0.6 is 46.5 Å². The summed E-state index contributed by atoms with van der Waals surface area (Å²) in [6.07, 6.45) is 3.62. The van der Waals surface area contributed by atoms with Crippen LogP contribution in [0, 0.1) is 0 Å². The average molecular weight is 475 g/mol. The number of thioether (sulfide) groups is 2. The van der Waals surface area contributed by atoms with Crippen LogP contribution in [0.1, 0.15) is 18.1 Å². The van der Waals surface area contributed by atoms with E-state index >= 15 is 0 Å². The third-order valence-electron chi connectivity index (χ3n) is 3.67. The molecule has 0 unspecified atom stereocenters. The number of allylic oxidation sites excluding steroid dienone is 1. The van der Waals surface area contributed by atoms with Crippen molar-refractivity contribution < 1.29 is 4.79 Å². The maximum absolute atomic E-state index is 12.0. The largest absolute Gasteiger partial charge is 0.272 e. The van der Waals surface area contributed by atoms with E-state index in [0.717, 1.165) is 36.2 Å². The Morgan fingerprint density at radius 2 is 1.80 bits per heavy atom.